The molecule has 0 unspecified atom stereocenters. The summed E-state index contributed by atoms with van der Waals surface area (Å²) in [5.41, 5.74) is 0.815. The molecular formula is C23H13BrN2O2S. The molecule has 0 aliphatic carbocycles. The number of rotatable bonds is 2. The second kappa shape index (κ2) is 7.06. The van der Waals surface area contributed by atoms with Crippen LogP contribution in [0.15, 0.2) is 92.9 Å². The lowest BCUT2D eigenvalue weighted by molar-refractivity contribution is 0.977. The van der Waals surface area contributed by atoms with Gasteiger partial charge in [0.25, 0.3) is 5.56 Å². The Balaban J connectivity index is 1.99. The smallest absolute Gasteiger partial charge is 0.271 e. The van der Waals surface area contributed by atoms with Crippen molar-refractivity contribution in [2.45, 2.75) is 0 Å². The van der Waals surface area contributed by atoms with Crippen LogP contribution in [0.5, 0.6) is 0 Å². The SMILES string of the molecule is O=c1c2ccccc2sc2nc(-c3cccc(Br)c3)n(-c3ccccc3)c(=O)c12. The third-order valence-corrected chi connectivity index (χ3v) is 6.27. The number of benzene rings is 3. The highest BCUT2D eigenvalue weighted by Gasteiger charge is 2.18. The topological polar surface area (TPSA) is 52.0 Å². The monoisotopic (exact) mass is 460 g/mol. The maximum atomic E-state index is 13.6. The Hall–Kier alpha value is -3.09. The molecule has 0 atom stereocenters. The summed E-state index contributed by atoms with van der Waals surface area (Å²) in [7, 11) is 0. The van der Waals surface area contributed by atoms with E-state index in [-0.39, 0.29) is 16.4 Å². The molecule has 0 saturated carbocycles. The number of hydrogen-bond acceptors (Lipinski definition) is 4. The standard InChI is InChI=1S/C23H13BrN2O2S/c24-15-8-6-7-14(13-15)21-25-22-19(20(27)17-11-4-5-12-18(17)29-22)23(28)26(21)16-9-2-1-3-10-16/h1-13H. The molecule has 2 aromatic heterocycles. The average Bonchev–Trinajstić information content (AvgIpc) is 2.74. The molecule has 4 nitrogen and oxygen atoms in total. The molecule has 0 saturated heterocycles. The van der Waals surface area contributed by atoms with E-state index in [2.05, 4.69) is 15.9 Å². The third-order valence-electron chi connectivity index (χ3n) is 4.71. The molecule has 6 heteroatoms. The highest BCUT2D eigenvalue weighted by molar-refractivity contribution is 9.10. The van der Waals surface area contributed by atoms with Crippen LogP contribution >= 0.6 is 27.3 Å². The fourth-order valence-corrected chi connectivity index (χ4v) is 4.83. The fraction of sp³-hybridized carbons (Fsp3) is 0. The molecule has 0 bridgehead atoms. The van der Waals surface area contributed by atoms with Crippen LogP contribution in [-0.4, -0.2) is 9.55 Å². The van der Waals surface area contributed by atoms with Gasteiger partial charge in [-0.3, -0.25) is 14.2 Å². The molecule has 29 heavy (non-hydrogen) atoms. The summed E-state index contributed by atoms with van der Waals surface area (Å²) in [6.45, 7) is 0. The van der Waals surface area contributed by atoms with E-state index in [9.17, 15) is 9.59 Å². The largest absolute Gasteiger partial charge is 0.288 e. The minimum Gasteiger partial charge on any atom is -0.288 e. The van der Waals surface area contributed by atoms with Gasteiger partial charge in [0.2, 0.25) is 5.43 Å². The van der Waals surface area contributed by atoms with Gasteiger partial charge < -0.3 is 0 Å². The van der Waals surface area contributed by atoms with Crippen molar-refractivity contribution in [1.29, 1.82) is 0 Å². The van der Waals surface area contributed by atoms with Crippen molar-refractivity contribution < 1.29 is 0 Å². The van der Waals surface area contributed by atoms with E-state index >= 15 is 0 Å². The predicted octanol–water partition coefficient (Wildman–Crippen LogP) is 5.39. The van der Waals surface area contributed by atoms with Crippen molar-refractivity contribution in [1.82, 2.24) is 9.55 Å². The summed E-state index contributed by atoms with van der Waals surface area (Å²) in [4.78, 5) is 32.0. The number of hydrogen-bond donors (Lipinski definition) is 0. The van der Waals surface area contributed by atoms with Crippen molar-refractivity contribution in [2.75, 3.05) is 0 Å². The molecule has 0 spiro atoms. The van der Waals surface area contributed by atoms with Crippen LogP contribution in [0, 0.1) is 0 Å². The molecule has 140 valence electrons. The first-order valence-corrected chi connectivity index (χ1v) is 10.5. The normalized spacial score (nSPS) is 11.2. The second-order valence-corrected chi connectivity index (χ2v) is 8.48. The first-order valence-electron chi connectivity index (χ1n) is 8.93. The van der Waals surface area contributed by atoms with Crippen molar-refractivity contribution in [3.05, 3.63) is 104 Å². The zero-order valence-corrected chi connectivity index (χ0v) is 17.4. The molecule has 0 aliphatic heterocycles. The number of aromatic nitrogens is 2. The van der Waals surface area contributed by atoms with Gasteiger partial charge in [0.15, 0.2) is 0 Å². The Morgan fingerprint density at radius 1 is 0.862 bits per heavy atom. The molecule has 2 heterocycles. The lowest BCUT2D eigenvalue weighted by atomic mass is 10.1. The molecule has 5 aromatic rings. The quantitative estimate of drug-likeness (QED) is 0.331. The summed E-state index contributed by atoms with van der Waals surface area (Å²) in [6.07, 6.45) is 0. The van der Waals surface area contributed by atoms with Crippen molar-refractivity contribution in [3.63, 3.8) is 0 Å². The van der Waals surface area contributed by atoms with Gasteiger partial charge in [-0.2, -0.15) is 0 Å². The van der Waals surface area contributed by atoms with E-state index in [1.54, 1.807) is 12.1 Å². The minimum atomic E-state index is -0.358. The summed E-state index contributed by atoms with van der Waals surface area (Å²) < 4.78 is 3.22. The zero-order valence-electron chi connectivity index (χ0n) is 15.0. The van der Waals surface area contributed by atoms with E-state index in [1.807, 2.05) is 66.7 Å². The van der Waals surface area contributed by atoms with Crippen LogP contribution in [0.25, 0.3) is 37.4 Å². The maximum absolute atomic E-state index is 13.6. The Kier molecular flexibility index (Phi) is 4.38. The molecular weight excluding hydrogens is 448 g/mol. The van der Waals surface area contributed by atoms with Crippen molar-refractivity contribution >= 4 is 47.6 Å². The summed E-state index contributed by atoms with van der Waals surface area (Å²) >= 11 is 4.85. The molecule has 0 aliphatic rings. The van der Waals surface area contributed by atoms with Crippen LogP contribution in [0.2, 0.25) is 0 Å². The predicted molar refractivity (Wildman–Crippen MR) is 122 cm³/mol. The van der Waals surface area contributed by atoms with Crippen LogP contribution < -0.4 is 11.0 Å². The second-order valence-electron chi connectivity index (χ2n) is 6.53. The van der Waals surface area contributed by atoms with Gasteiger partial charge in [-0.15, -0.1) is 11.3 Å². The molecule has 0 fully saturated rings. The minimum absolute atomic E-state index is 0.122. The van der Waals surface area contributed by atoms with Gasteiger partial charge in [-0.25, -0.2) is 4.98 Å². The van der Waals surface area contributed by atoms with Gasteiger partial charge in [0.05, 0.1) is 5.69 Å². The van der Waals surface area contributed by atoms with Crippen molar-refractivity contribution in [2.24, 2.45) is 0 Å². The van der Waals surface area contributed by atoms with E-state index in [0.717, 1.165) is 14.7 Å². The Morgan fingerprint density at radius 3 is 2.41 bits per heavy atom. The van der Waals surface area contributed by atoms with E-state index < -0.39 is 0 Å². The Bertz CT molecular complexity index is 1510. The molecule has 0 amide bonds. The highest BCUT2D eigenvalue weighted by Crippen LogP contribution is 2.27. The first kappa shape index (κ1) is 18.0. The van der Waals surface area contributed by atoms with Crippen LogP contribution in [-0.2, 0) is 0 Å². The lowest BCUT2D eigenvalue weighted by Crippen LogP contribution is -2.26. The number of nitrogens with zero attached hydrogens (tertiary/aromatic N) is 2. The van der Waals surface area contributed by atoms with Crippen LogP contribution in [0.1, 0.15) is 0 Å². The lowest BCUT2D eigenvalue weighted by Gasteiger charge is -2.14. The van der Waals surface area contributed by atoms with Crippen LogP contribution in [0.4, 0.5) is 0 Å². The van der Waals surface area contributed by atoms with Gasteiger partial charge in [0, 0.05) is 20.1 Å². The van der Waals surface area contributed by atoms with Gasteiger partial charge in [0.1, 0.15) is 16.0 Å². The summed E-state index contributed by atoms with van der Waals surface area (Å²) in [6, 6.07) is 24.2. The molecule has 0 radical (unpaired) electrons. The molecule has 5 rings (SSSR count). The first-order chi connectivity index (χ1) is 14.1. The van der Waals surface area contributed by atoms with E-state index in [1.165, 1.54) is 15.9 Å². The van der Waals surface area contributed by atoms with Crippen LogP contribution in [0.3, 0.4) is 0 Å². The zero-order chi connectivity index (χ0) is 20.0. The van der Waals surface area contributed by atoms with Crippen molar-refractivity contribution in [3.8, 4) is 17.1 Å². The maximum Gasteiger partial charge on any atom is 0.271 e. The number of para-hydroxylation sites is 1. The summed E-state index contributed by atoms with van der Waals surface area (Å²) in [5.74, 6) is 0.501. The highest BCUT2D eigenvalue weighted by atomic mass is 79.9. The van der Waals surface area contributed by atoms with E-state index in [0.29, 0.717) is 21.7 Å². The average molecular weight is 461 g/mol. The Labute approximate surface area is 177 Å². The fourth-order valence-electron chi connectivity index (χ4n) is 3.39. The van der Waals surface area contributed by atoms with E-state index in [4.69, 9.17) is 4.98 Å². The number of fused-ring (bicyclic) bond motifs is 2. The molecule has 3 aromatic carbocycles. The van der Waals surface area contributed by atoms with Gasteiger partial charge >= 0.3 is 0 Å². The number of halogens is 1. The van der Waals surface area contributed by atoms with Gasteiger partial charge in [-0.1, -0.05) is 58.4 Å². The summed E-state index contributed by atoms with van der Waals surface area (Å²) in [5, 5.41) is 0.662. The molecule has 0 N–H and O–H groups in total. The van der Waals surface area contributed by atoms with Gasteiger partial charge in [-0.05, 0) is 36.4 Å². The Morgan fingerprint density at radius 2 is 1.62 bits per heavy atom. The third kappa shape index (κ3) is 3.01.